The summed E-state index contributed by atoms with van der Waals surface area (Å²) in [6.07, 6.45) is 2.98. The van der Waals surface area contributed by atoms with Gasteiger partial charge < -0.3 is 19.2 Å². The zero-order valence-electron chi connectivity index (χ0n) is 13.7. The number of carbonyl (C=O) groups excluding carboxylic acids is 1. The summed E-state index contributed by atoms with van der Waals surface area (Å²) in [5, 5.41) is 11.3. The van der Waals surface area contributed by atoms with Gasteiger partial charge in [-0.1, -0.05) is 25.5 Å². The molecule has 5 heteroatoms. The Morgan fingerprint density at radius 3 is 2.78 bits per heavy atom. The monoisotopic (exact) mass is 317 g/mol. The molecule has 0 spiro atoms. The average Bonchev–Trinajstić information content (AvgIpc) is 2.99. The molecule has 1 fully saturated rings. The molecule has 0 unspecified atom stereocenters. The molecule has 1 aliphatic heterocycles. The van der Waals surface area contributed by atoms with Crippen LogP contribution in [0.1, 0.15) is 43.2 Å². The molecule has 0 aliphatic carbocycles. The summed E-state index contributed by atoms with van der Waals surface area (Å²) in [5.74, 6) is 0.824. The van der Waals surface area contributed by atoms with Crippen molar-refractivity contribution in [3.05, 3.63) is 30.0 Å². The number of furan rings is 1. The Hall–Kier alpha value is -2.01. The number of benzene rings is 1. The minimum absolute atomic E-state index is 0.123. The number of para-hydroxylation sites is 1. The van der Waals surface area contributed by atoms with E-state index in [0.29, 0.717) is 43.0 Å². The molecule has 0 saturated carbocycles. The highest BCUT2D eigenvalue weighted by molar-refractivity contribution is 5.97. The zero-order chi connectivity index (χ0) is 16.4. The van der Waals surface area contributed by atoms with Gasteiger partial charge in [-0.2, -0.15) is 0 Å². The Labute approximate surface area is 135 Å². The maximum Gasteiger partial charge on any atom is 0.289 e. The molecule has 1 saturated heterocycles. The molecule has 0 bridgehead atoms. The van der Waals surface area contributed by atoms with Gasteiger partial charge in [0.1, 0.15) is 0 Å². The van der Waals surface area contributed by atoms with Gasteiger partial charge in [-0.15, -0.1) is 0 Å². The summed E-state index contributed by atoms with van der Waals surface area (Å²) in [5.41, 5.74) is -0.0272. The van der Waals surface area contributed by atoms with Crippen LogP contribution in [0.3, 0.4) is 0 Å². The van der Waals surface area contributed by atoms with Gasteiger partial charge in [0.15, 0.2) is 17.1 Å². The first-order chi connectivity index (χ1) is 11.1. The van der Waals surface area contributed by atoms with E-state index in [0.717, 1.165) is 18.2 Å². The van der Waals surface area contributed by atoms with Crippen molar-refractivity contribution in [2.24, 2.45) is 0 Å². The number of methoxy groups -OCH3 is 1. The third-order valence-corrected chi connectivity index (χ3v) is 4.64. The van der Waals surface area contributed by atoms with Crippen molar-refractivity contribution in [2.75, 3.05) is 20.2 Å². The van der Waals surface area contributed by atoms with E-state index in [4.69, 9.17) is 9.15 Å². The molecule has 5 nitrogen and oxygen atoms in total. The number of rotatable bonds is 4. The fourth-order valence-corrected chi connectivity index (χ4v) is 3.30. The van der Waals surface area contributed by atoms with Crippen LogP contribution in [-0.2, 0) is 0 Å². The summed E-state index contributed by atoms with van der Waals surface area (Å²) < 4.78 is 11.0. The number of ether oxygens (including phenoxy) is 1. The molecule has 3 rings (SSSR count). The highest BCUT2D eigenvalue weighted by Gasteiger charge is 2.34. The molecule has 2 heterocycles. The van der Waals surface area contributed by atoms with Gasteiger partial charge in [0, 0.05) is 18.5 Å². The predicted octanol–water partition coefficient (Wildman–Crippen LogP) is 3.21. The van der Waals surface area contributed by atoms with Crippen LogP contribution in [0.15, 0.2) is 28.7 Å². The number of likely N-dealkylation sites (tertiary alicyclic amines) is 1. The van der Waals surface area contributed by atoms with Crippen LogP contribution in [0.4, 0.5) is 0 Å². The van der Waals surface area contributed by atoms with Crippen LogP contribution >= 0.6 is 0 Å². The molecule has 23 heavy (non-hydrogen) atoms. The van der Waals surface area contributed by atoms with E-state index in [1.165, 1.54) is 0 Å². The highest BCUT2D eigenvalue weighted by atomic mass is 16.5. The fourth-order valence-electron chi connectivity index (χ4n) is 3.30. The quantitative estimate of drug-likeness (QED) is 0.940. The molecular weight excluding hydrogens is 294 g/mol. The minimum atomic E-state index is -0.622. The number of piperidine rings is 1. The smallest absolute Gasteiger partial charge is 0.289 e. The van der Waals surface area contributed by atoms with E-state index in [2.05, 4.69) is 6.92 Å². The van der Waals surface area contributed by atoms with Gasteiger partial charge in [-0.05, 0) is 31.4 Å². The van der Waals surface area contributed by atoms with E-state index in [1.54, 1.807) is 18.1 Å². The van der Waals surface area contributed by atoms with E-state index >= 15 is 0 Å². The summed E-state index contributed by atoms with van der Waals surface area (Å²) in [4.78, 5) is 14.4. The van der Waals surface area contributed by atoms with Crippen molar-refractivity contribution in [1.29, 1.82) is 0 Å². The van der Waals surface area contributed by atoms with Gasteiger partial charge in [0.25, 0.3) is 5.91 Å². The fraction of sp³-hybridized carbons (Fsp3) is 0.500. The summed E-state index contributed by atoms with van der Waals surface area (Å²) in [7, 11) is 1.58. The number of nitrogens with zero attached hydrogens (tertiary/aromatic N) is 1. The number of carbonyl (C=O) groups is 1. The minimum Gasteiger partial charge on any atom is -0.493 e. The van der Waals surface area contributed by atoms with Crippen LogP contribution in [0, 0.1) is 0 Å². The number of aliphatic hydroxyl groups is 1. The Morgan fingerprint density at radius 2 is 2.13 bits per heavy atom. The van der Waals surface area contributed by atoms with E-state index in [9.17, 15) is 9.90 Å². The predicted molar refractivity (Wildman–Crippen MR) is 87.8 cm³/mol. The van der Waals surface area contributed by atoms with Crippen LogP contribution in [0.2, 0.25) is 0 Å². The zero-order valence-corrected chi connectivity index (χ0v) is 13.7. The first-order valence-corrected chi connectivity index (χ1v) is 8.14. The average molecular weight is 317 g/mol. The van der Waals surface area contributed by atoms with E-state index in [-0.39, 0.29) is 5.91 Å². The van der Waals surface area contributed by atoms with Gasteiger partial charge in [0.2, 0.25) is 0 Å². The van der Waals surface area contributed by atoms with Gasteiger partial charge in [-0.3, -0.25) is 4.79 Å². The Balaban J connectivity index is 1.77. The van der Waals surface area contributed by atoms with Crippen LogP contribution < -0.4 is 4.74 Å². The lowest BCUT2D eigenvalue weighted by molar-refractivity contribution is -0.0238. The summed E-state index contributed by atoms with van der Waals surface area (Å²) in [6, 6.07) is 7.34. The molecule has 1 N–H and O–H groups in total. The first kappa shape index (κ1) is 15.9. The second kappa shape index (κ2) is 6.24. The maximum absolute atomic E-state index is 12.6. The summed E-state index contributed by atoms with van der Waals surface area (Å²) in [6.45, 7) is 3.18. The molecule has 124 valence electrons. The van der Waals surface area contributed by atoms with Gasteiger partial charge >= 0.3 is 0 Å². The number of hydrogen-bond donors (Lipinski definition) is 1. The molecule has 0 radical (unpaired) electrons. The molecular formula is C18H23NO4. The SMILES string of the molecule is CCCC1(O)CCN(C(=O)c2cc3cccc(OC)c3o2)CC1. The molecule has 1 aromatic carbocycles. The largest absolute Gasteiger partial charge is 0.493 e. The van der Waals surface area contributed by atoms with Crippen molar-refractivity contribution in [3.8, 4) is 5.75 Å². The second-order valence-electron chi connectivity index (χ2n) is 6.26. The molecule has 2 aromatic rings. The van der Waals surface area contributed by atoms with Crippen molar-refractivity contribution in [1.82, 2.24) is 4.90 Å². The van der Waals surface area contributed by atoms with Crippen molar-refractivity contribution in [3.63, 3.8) is 0 Å². The van der Waals surface area contributed by atoms with E-state index in [1.807, 2.05) is 18.2 Å². The van der Waals surface area contributed by atoms with Crippen molar-refractivity contribution >= 4 is 16.9 Å². The molecule has 1 aliphatic rings. The Morgan fingerprint density at radius 1 is 1.39 bits per heavy atom. The van der Waals surface area contributed by atoms with E-state index < -0.39 is 5.60 Å². The topological polar surface area (TPSA) is 62.9 Å². The lowest BCUT2D eigenvalue weighted by Crippen LogP contribution is -2.46. The third kappa shape index (κ3) is 3.06. The van der Waals surface area contributed by atoms with Crippen molar-refractivity contribution in [2.45, 2.75) is 38.2 Å². The number of hydrogen-bond acceptors (Lipinski definition) is 4. The Kier molecular flexibility index (Phi) is 4.31. The third-order valence-electron chi connectivity index (χ3n) is 4.64. The normalized spacial score (nSPS) is 17.4. The standard InChI is InChI=1S/C18H23NO4/c1-3-7-18(21)8-10-19(11-9-18)17(20)15-12-13-5-4-6-14(22-2)16(13)23-15/h4-6,12,21H,3,7-11H2,1-2H3. The van der Waals surface area contributed by atoms with Crippen LogP contribution in [-0.4, -0.2) is 41.7 Å². The number of fused-ring (bicyclic) bond motifs is 1. The van der Waals surface area contributed by atoms with Gasteiger partial charge in [0.05, 0.1) is 12.7 Å². The Bertz CT molecular complexity index is 698. The molecule has 1 aromatic heterocycles. The first-order valence-electron chi connectivity index (χ1n) is 8.14. The maximum atomic E-state index is 12.6. The lowest BCUT2D eigenvalue weighted by Gasteiger charge is -2.37. The highest BCUT2D eigenvalue weighted by Crippen LogP contribution is 2.31. The summed E-state index contributed by atoms with van der Waals surface area (Å²) >= 11 is 0. The van der Waals surface area contributed by atoms with Crippen LogP contribution in [0.5, 0.6) is 5.75 Å². The van der Waals surface area contributed by atoms with Crippen LogP contribution in [0.25, 0.3) is 11.0 Å². The molecule has 0 atom stereocenters. The second-order valence-corrected chi connectivity index (χ2v) is 6.26. The lowest BCUT2D eigenvalue weighted by atomic mass is 9.87. The number of amides is 1. The molecule has 1 amide bonds. The van der Waals surface area contributed by atoms with Crippen molar-refractivity contribution < 1.29 is 19.1 Å². The van der Waals surface area contributed by atoms with Gasteiger partial charge in [-0.25, -0.2) is 0 Å².